The first-order chi connectivity index (χ1) is 16.1. The molecule has 34 heavy (non-hydrogen) atoms. The molecule has 1 N–H and O–H groups in total. The summed E-state index contributed by atoms with van der Waals surface area (Å²) in [6.45, 7) is -0.500. The lowest BCUT2D eigenvalue weighted by Crippen LogP contribution is -2.43. The van der Waals surface area contributed by atoms with Gasteiger partial charge < -0.3 is 14.8 Å². The summed E-state index contributed by atoms with van der Waals surface area (Å²) in [4.78, 5) is 39.3. The molecule has 1 fully saturated rings. The van der Waals surface area contributed by atoms with Gasteiger partial charge >= 0.3 is 6.18 Å². The number of anilines is 2. The van der Waals surface area contributed by atoms with E-state index in [1.165, 1.54) is 38.5 Å². The third-order valence-corrected chi connectivity index (χ3v) is 5.26. The Morgan fingerprint density at radius 3 is 2.47 bits per heavy atom. The molecule has 0 aliphatic carbocycles. The fourth-order valence-corrected chi connectivity index (χ4v) is 3.69. The van der Waals surface area contributed by atoms with E-state index in [2.05, 4.69) is 15.7 Å². The van der Waals surface area contributed by atoms with Gasteiger partial charge in [-0.2, -0.15) is 18.3 Å². The van der Waals surface area contributed by atoms with Gasteiger partial charge in [-0.25, -0.2) is 4.90 Å². The van der Waals surface area contributed by atoms with Gasteiger partial charge in [-0.05, 0) is 30.3 Å². The SMILES string of the molecule is COc1ccc(N2C(=O)C3N=NN(CC(=O)Nc4cccc(C(F)(F)F)c4)C3C2=O)cc1OC. The highest BCUT2D eigenvalue weighted by Crippen LogP contribution is 2.36. The second-order valence-corrected chi connectivity index (χ2v) is 7.37. The van der Waals surface area contributed by atoms with Crippen molar-refractivity contribution in [2.24, 2.45) is 10.3 Å². The number of ether oxygens (including phenoxy) is 2. The Labute approximate surface area is 190 Å². The van der Waals surface area contributed by atoms with Crippen molar-refractivity contribution in [1.82, 2.24) is 5.01 Å². The maximum atomic E-state index is 13.1. The van der Waals surface area contributed by atoms with E-state index in [-0.39, 0.29) is 11.4 Å². The van der Waals surface area contributed by atoms with E-state index >= 15 is 0 Å². The van der Waals surface area contributed by atoms with Crippen molar-refractivity contribution >= 4 is 29.1 Å². The number of imide groups is 1. The highest BCUT2D eigenvalue weighted by Gasteiger charge is 2.55. The van der Waals surface area contributed by atoms with Gasteiger partial charge in [0.25, 0.3) is 11.8 Å². The summed E-state index contributed by atoms with van der Waals surface area (Å²) in [7, 11) is 2.85. The fraction of sp³-hybridized carbons (Fsp3) is 0.286. The lowest BCUT2D eigenvalue weighted by Gasteiger charge is -2.21. The lowest BCUT2D eigenvalue weighted by atomic mass is 10.1. The summed E-state index contributed by atoms with van der Waals surface area (Å²) in [5, 5.41) is 10.9. The van der Waals surface area contributed by atoms with Crippen molar-refractivity contribution in [3.63, 3.8) is 0 Å². The van der Waals surface area contributed by atoms with E-state index in [1.54, 1.807) is 0 Å². The molecule has 0 aromatic heterocycles. The van der Waals surface area contributed by atoms with Gasteiger partial charge in [0.05, 0.1) is 25.5 Å². The van der Waals surface area contributed by atoms with Crippen LogP contribution in [0.25, 0.3) is 0 Å². The van der Waals surface area contributed by atoms with Crippen molar-refractivity contribution in [1.29, 1.82) is 0 Å². The number of rotatable bonds is 6. The van der Waals surface area contributed by atoms with Gasteiger partial charge in [0.15, 0.2) is 23.6 Å². The number of benzene rings is 2. The van der Waals surface area contributed by atoms with Crippen molar-refractivity contribution in [3.8, 4) is 11.5 Å². The molecule has 178 valence electrons. The first-order valence-electron chi connectivity index (χ1n) is 9.88. The molecule has 3 amide bonds. The Bertz CT molecular complexity index is 1190. The maximum absolute atomic E-state index is 13.1. The van der Waals surface area contributed by atoms with Crippen LogP contribution in [-0.2, 0) is 20.6 Å². The van der Waals surface area contributed by atoms with Crippen molar-refractivity contribution in [2.45, 2.75) is 18.3 Å². The van der Waals surface area contributed by atoms with Crippen LogP contribution in [0.15, 0.2) is 52.8 Å². The first-order valence-corrected chi connectivity index (χ1v) is 9.88. The number of hydrogen-bond donors (Lipinski definition) is 1. The van der Waals surface area contributed by atoms with Crippen LogP contribution in [0.2, 0.25) is 0 Å². The van der Waals surface area contributed by atoms with E-state index in [9.17, 15) is 27.6 Å². The number of carbonyl (C=O) groups excluding carboxylic acids is 3. The van der Waals surface area contributed by atoms with Crippen LogP contribution < -0.4 is 19.7 Å². The summed E-state index contributed by atoms with van der Waals surface area (Å²) in [6.07, 6.45) is -4.57. The molecular formula is C21H18F3N5O5. The average Bonchev–Trinajstić information content (AvgIpc) is 3.32. The smallest absolute Gasteiger partial charge is 0.416 e. The number of carbonyl (C=O) groups is 3. The Hall–Kier alpha value is -4.16. The summed E-state index contributed by atoms with van der Waals surface area (Å²) < 4.78 is 49.0. The number of alkyl halides is 3. The highest BCUT2D eigenvalue weighted by atomic mass is 19.4. The van der Waals surface area contributed by atoms with Crippen LogP contribution in [0.3, 0.4) is 0 Å². The lowest BCUT2D eigenvalue weighted by molar-refractivity contribution is -0.137. The minimum Gasteiger partial charge on any atom is -0.493 e. The van der Waals surface area contributed by atoms with Crippen molar-refractivity contribution < 1.29 is 37.0 Å². The molecule has 1 saturated heterocycles. The average molecular weight is 477 g/mol. The van der Waals surface area contributed by atoms with Gasteiger partial charge in [0, 0.05) is 11.8 Å². The molecular weight excluding hydrogens is 459 g/mol. The number of hydrogen-bond acceptors (Lipinski definition) is 8. The summed E-state index contributed by atoms with van der Waals surface area (Å²) in [5.41, 5.74) is -0.771. The molecule has 2 heterocycles. The molecule has 2 aliphatic heterocycles. The van der Waals surface area contributed by atoms with E-state index in [0.29, 0.717) is 11.5 Å². The molecule has 0 radical (unpaired) electrons. The molecule has 2 unspecified atom stereocenters. The second kappa shape index (κ2) is 8.65. The van der Waals surface area contributed by atoms with E-state index in [4.69, 9.17) is 9.47 Å². The summed E-state index contributed by atoms with van der Waals surface area (Å²) in [6, 6.07) is 6.29. The Balaban J connectivity index is 1.49. The summed E-state index contributed by atoms with van der Waals surface area (Å²) >= 11 is 0. The molecule has 0 bridgehead atoms. The standard InChI is InChI=1S/C21H18F3N5O5/c1-33-14-7-6-13(9-15(14)34-2)29-19(31)17-18(20(29)32)28(27-26-17)10-16(30)25-12-5-3-4-11(8-12)21(22,23)24/h3-9,17-18H,10H2,1-2H3,(H,25,30). The third kappa shape index (κ3) is 4.11. The van der Waals surface area contributed by atoms with Gasteiger partial charge in [-0.1, -0.05) is 11.3 Å². The number of nitrogens with one attached hydrogen (secondary N) is 1. The molecule has 13 heteroatoms. The van der Waals surface area contributed by atoms with Crippen LogP contribution in [-0.4, -0.2) is 55.6 Å². The zero-order valence-electron chi connectivity index (χ0n) is 17.9. The van der Waals surface area contributed by atoms with Gasteiger partial charge in [0.2, 0.25) is 5.91 Å². The monoisotopic (exact) mass is 477 g/mol. The third-order valence-electron chi connectivity index (χ3n) is 5.26. The highest BCUT2D eigenvalue weighted by molar-refractivity contribution is 6.25. The van der Waals surface area contributed by atoms with Gasteiger partial charge in [-0.3, -0.25) is 19.4 Å². The van der Waals surface area contributed by atoms with E-state index < -0.39 is 48.1 Å². The van der Waals surface area contributed by atoms with Crippen LogP contribution in [0.1, 0.15) is 5.56 Å². The Morgan fingerprint density at radius 1 is 1.06 bits per heavy atom. The molecule has 4 rings (SSSR count). The van der Waals surface area contributed by atoms with Gasteiger partial charge in [-0.15, -0.1) is 0 Å². The predicted molar refractivity (Wildman–Crippen MR) is 111 cm³/mol. The predicted octanol–water partition coefficient (Wildman–Crippen LogP) is 2.65. The fourth-order valence-electron chi connectivity index (χ4n) is 3.69. The molecule has 2 aliphatic rings. The van der Waals surface area contributed by atoms with Crippen LogP contribution >= 0.6 is 0 Å². The van der Waals surface area contributed by atoms with Crippen LogP contribution in [0.5, 0.6) is 11.5 Å². The second-order valence-electron chi connectivity index (χ2n) is 7.37. The minimum absolute atomic E-state index is 0.0757. The quantitative estimate of drug-likeness (QED) is 0.641. The Kier molecular flexibility index (Phi) is 5.85. The maximum Gasteiger partial charge on any atom is 0.416 e. The van der Waals surface area contributed by atoms with Crippen molar-refractivity contribution in [2.75, 3.05) is 31.0 Å². The molecule has 0 spiro atoms. The zero-order chi connectivity index (χ0) is 24.6. The first kappa shape index (κ1) is 23.0. The molecule has 0 saturated carbocycles. The zero-order valence-corrected chi connectivity index (χ0v) is 17.9. The van der Waals surface area contributed by atoms with Crippen LogP contribution in [0, 0.1) is 0 Å². The number of nitrogens with zero attached hydrogens (tertiary/aromatic N) is 4. The van der Waals surface area contributed by atoms with Gasteiger partial charge in [0.1, 0.15) is 6.54 Å². The number of amides is 3. The number of methoxy groups -OCH3 is 2. The molecule has 2 atom stereocenters. The molecule has 2 aromatic rings. The molecule has 10 nitrogen and oxygen atoms in total. The molecule has 2 aromatic carbocycles. The normalized spacial score (nSPS) is 19.4. The Morgan fingerprint density at radius 2 is 1.79 bits per heavy atom. The minimum atomic E-state index is -4.57. The van der Waals surface area contributed by atoms with Crippen LogP contribution in [0.4, 0.5) is 24.5 Å². The summed E-state index contributed by atoms with van der Waals surface area (Å²) in [5.74, 6) is -1.32. The topological polar surface area (TPSA) is 113 Å². The number of fused-ring (bicyclic) bond motifs is 1. The van der Waals surface area contributed by atoms with E-state index in [0.717, 1.165) is 28.1 Å². The largest absolute Gasteiger partial charge is 0.493 e. The number of halogens is 3. The van der Waals surface area contributed by atoms with E-state index in [1.807, 2.05) is 0 Å². The van der Waals surface area contributed by atoms with Crippen molar-refractivity contribution in [3.05, 3.63) is 48.0 Å².